The number of para-hydroxylation sites is 2. The molecule has 3 aromatic rings. The van der Waals surface area contributed by atoms with Gasteiger partial charge in [-0.3, -0.25) is 9.69 Å². The van der Waals surface area contributed by atoms with E-state index in [0.717, 1.165) is 17.4 Å². The number of rotatable bonds is 6. The Morgan fingerprint density at radius 3 is 2.27 bits per heavy atom. The van der Waals surface area contributed by atoms with Crippen LogP contribution in [0.2, 0.25) is 0 Å². The molecule has 2 heterocycles. The highest BCUT2D eigenvalue weighted by molar-refractivity contribution is 5.97. The molecule has 0 N–H and O–H groups in total. The first-order chi connectivity index (χ1) is 15.3. The molecule has 176 valence electrons. The Bertz CT molecular complexity index is 1080. The molecule has 4 rings (SSSR count). The standard InChI is InChI=1S/C24H25F3N4O.ClH/c1-18-20(17-28-31(18)19-7-3-2-4-8-19)23(32)11-12-29-13-15-30(16-14-29)22-10-6-5-9-21(22)24(25,26)27;/h2-10,17H,11-16H2,1H3;1H. The lowest BCUT2D eigenvalue weighted by Crippen LogP contribution is -2.47. The summed E-state index contributed by atoms with van der Waals surface area (Å²) in [7, 11) is 0. The fraction of sp³-hybridized carbons (Fsp3) is 0.333. The summed E-state index contributed by atoms with van der Waals surface area (Å²) >= 11 is 0. The number of anilines is 1. The fourth-order valence-corrected chi connectivity index (χ4v) is 4.11. The Balaban J connectivity index is 0.00000306. The van der Waals surface area contributed by atoms with Crippen LogP contribution in [0, 0.1) is 6.92 Å². The van der Waals surface area contributed by atoms with Crippen LogP contribution in [0.1, 0.15) is 28.0 Å². The summed E-state index contributed by atoms with van der Waals surface area (Å²) in [6.45, 7) is 4.66. The monoisotopic (exact) mass is 478 g/mol. The van der Waals surface area contributed by atoms with Gasteiger partial charge in [-0.15, -0.1) is 12.4 Å². The minimum Gasteiger partial charge on any atom is -0.368 e. The molecule has 0 aliphatic carbocycles. The number of nitrogens with zero attached hydrogens (tertiary/aromatic N) is 4. The molecule has 1 aliphatic heterocycles. The van der Waals surface area contributed by atoms with E-state index in [0.29, 0.717) is 44.7 Å². The van der Waals surface area contributed by atoms with Crippen molar-refractivity contribution >= 4 is 23.9 Å². The van der Waals surface area contributed by atoms with Gasteiger partial charge in [0.2, 0.25) is 0 Å². The van der Waals surface area contributed by atoms with Crippen molar-refractivity contribution in [2.24, 2.45) is 0 Å². The maximum absolute atomic E-state index is 13.3. The van der Waals surface area contributed by atoms with E-state index in [1.807, 2.05) is 37.3 Å². The Morgan fingerprint density at radius 2 is 1.61 bits per heavy atom. The van der Waals surface area contributed by atoms with Crippen molar-refractivity contribution in [3.63, 3.8) is 0 Å². The minimum absolute atomic E-state index is 0. The summed E-state index contributed by atoms with van der Waals surface area (Å²) in [6, 6.07) is 15.3. The van der Waals surface area contributed by atoms with E-state index in [-0.39, 0.29) is 23.9 Å². The molecule has 1 saturated heterocycles. The molecule has 0 spiro atoms. The maximum atomic E-state index is 13.3. The molecule has 9 heteroatoms. The van der Waals surface area contributed by atoms with E-state index in [9.17, 15) is 18.0 Å². The lowest BCUT2D eigenvalue weighted by molar-refractivity contribution is -0.137. The second-order valence-corrected chi connectivity index (χ2v) is 7.91. The molecule has 2 aromatic carbocycles. The summed E-state index contributed by atoms with van der Waals surface area (Å²) in [5.41, 5.74) is 1.93. The third-order valence-corrected chi connectivity index (χ3v) is 5.89. The van der Waals surface area contributed by atoms with E-state index < -0.39 is 11.7 Å². The lowest BCUT2D eigenvalue weighted by atomic mass is 10.1. The Kier molecular flexibility index (Phi) is 7.81. The Hall–Kier alpha value is -2.84. The smallest absolute Gasteiger partial charge is 0.368 e. The third kappa shape index (κ3) is 5.57. The largest absolute Gasteiger partial charge is 0.418 e. The van der Waals surface area contributed by atoms with Gasteiger partial charge in [-0.25, -0.2) is 4.68 Å². The van der Waals surface area contributed by atoms with Gasteiger partial charge in [-0.2, -0.15) is 18.3 Å². The molecule has 1 fully saturated rings. The molecule has 33 heavy (non-hydrogen) atoms. The van der Waals surface area contributed by atoms with Crippen LogP contribution in [0.5, 0.6) is 0 Å². The number of hydrogen-bond donors (Lipinski definition) is 0. The van der Waals surface area contributed by atoms with Gasteiger partial charge >= 0.3 is 6.18 Å². The zero-order valence-electron chi connectivity index (χ0n) is 18.3. The maximum Gasteiger partial charge on any atom is 0.418 e. The van der Waals surface area contributed by atoms with Crippen LogP contribution < -0.4 is 4.90 Å². The van der Waals surface area contributed by atoms with Crippen LogP contribution in [-0.2, 0) is 6.18 Å². The normalized spacial score (nSPS) is 14.7. The molecule has 0 radical (unpaired) electrons. The number of hydrogen-bond acceptors (Lipinski definition) is 4. The first kappa shape index (κ1) is 24.8. The fourth-order valence-electron chi connectivity index (χ4n) is 4.11. The number of benzene rings is 2. The van der Waals surface area contributed by atoms with Crippen molar-refractivity contribution in [1.82, 2.24) is 14.7 Å². The van der Waals surface area contributed by atoms with Gasteiger partial charge in [0.25, 0.3) is 0 Å². The zero-order chi connectivity index (χ0) is 22.7. The van der Waals surface area contributed by atoms with E-state index in [4.69, 9.17) is 0 Å². The van der Waals surface area contributed by atoms with Crippen LogP contribution in [-0.4, -0.2) is 53.2 Å². The summed E-state index contributed by atoms with van der Waals surface area (Å²) < 4.78 is 41.7. The van der Waals surface area contributed by atoms with Crippen molar-refractivity contribution < 1.29 is 18.0 Å². The van der Waals surface area contributed by atoms with Crippen molar-refractivity contribution in [3.05, 3.63) is 77.6 Å². The van der Waals surface area contributed by atoms with Gasteiger partial charge in [0.15, 0.2) is 5.78 Å². The molecule has 0 bridgehead atoms. The van der Waals surface area contributed by atoms with Gasteiger partial charge in [0, 0.05) is 44.8 Å². The highest BCUT2D eigenvalue weighted by atomic mass is 35.5. The molecular weight excluding hydrogens is 453 g/mol. The predicted molar refractivity (Wildman–Crippen MR) is 125 cm³/mol. The number of Topliss-reactive ketones (excluding diaryl/α,β-unsaturated/α-hetero) is 1. The first-order valence-electron chi connectivity index (χ1n) is 10.6. The van der Waals surface area contributed by atoms with Crippen LogP contribution in [0.3, 0.4) is 0 Å². The summed E-state index contributed by atoms with van der Waals surface area (Å²) in [5.74, 6) is 0.0227. The average Bonchev–Trinajstić information content (AvgIpc) is 3.19. The lowest BCUT2D eigenvalue weighted by Gasteiger charge is -2.37. The number of aromatic nitrogens is 2. The Morgan fingerprint density at radius 1 is 0.970 bits per heavy atom. The minimum atomic E-state index is -4.37. The van der Waals surface area contributed by atoms with Gasteiger partial charge in [-0.05, 0) is 31.2 Å². The first-order valence-corrected chi connectivity index (χ1v) is 10.6. The van der Waals surface area contributed by atoms with Gasteiger partial charge < -0.3 is 4.90 Å². The molecule has 1 aromatic heterocycles. The molecular formula is C24H26ClF3N4O. The zero-order valence-corrected chi connectivity index (χ0v) is 19.1. The predicted octanol–water partition coefficient (Wildman–Crippen LogP) is 5.02. The van der Waals surface area contributed by atoms with E-state index in [2.05, 4.69) is 10.00 Å². The molecule has 0 saturated carbocycles. The second kappa shape index (κ2) is 10.4. The average molecular weight is 479 g/mol. The van der Waals surface area contributed by atoms with Crippen LogP contribution in [0.25, 0.3) is 5.69 Å². The topological polar surface area (TPSA) is 41.4 Å². The highest BCUT2D eigenvalue weighted by Crippen LogP contribution is 2.36. The van der Waals surface area contributed by atoms with Gasteiger partial charge in [0.05, 0.1) is 28.7 Å². The quantitative estimate of drug-likeness (QED) is 0.467. The van der Waals surface area contributed by atoms with Crippen LogP contribution in [0.4, 0.5) is 18.9 Å². The summed E-state index contributed by atoms with van der Waals surface area (Å²) in [6.07, 6.45) is -2.42. The number of halogens is 4. The molecule has 0 atom stereocenters. The molecule has 0 amide bonds. The van der Waals surface area contributed by atoms with E-state index in [1.165, 1.54) is 12.1 Å². The number of piperazine rings is 1. The van der Waals surface area contributed by atoms with E-state index in [1.54, 1.807) is 21.8 Å². The van der Waals surface area contributed by atoms with Crippen molar-refractivity contribution in [3.8, 4) is 5.69 Å². The number of carbonyl (C=O) groups excluding carboxylic acids is 1. The molecule has 5 nitrogen and oxygen atoms in total. The molecule has 0 unspecified atom stereocenters. The van der Waals surface area contributed by atoms with Crippen molar-refractivity contribution in [1.29, 1.82) is 0 Å². The van der Waals surface area contributed by atoms with Crippen LogP contribution >= 0.6 is 12.4 Å². The Labute approximate surface area is 197 Å². The van der Waals surface area contributed by atoms with Crippen molar-refractivity contribution in [2.75, 3.05) is 37.6 Å². The number of ketones is 1. The second-order valence-electron chi connectivity index (χ2n) is 7.91. The summed E-state index contributed by atoms with van der Waals surface area (Å²) in [4.78, 5) is 16.7. The highest BCUT2D eigenvalue weighted by Gasteiger charge is 2.35. The van der Waals surface area contributed by atoms with Crippen LogP contribution in [0.15, 0.2) is 60.8 Å². The van der Waals surface area contributed by atoms with Gasteiger partial charge in [-0.1, -0.05) is 30.3 Å². The molecule has 1 aliphatic rings. The SMILES string of the molecule is Cc1c(C(=O)CCN2CCN(c3ccccc3C(F)(F)F)CC2)cnn1-c1ccccc1.Cl. The van der Waals surface area contributed by atoms with Crippen molar-refractivity contribution in [2.45, 2.75) is 19.5 Å². The number of carbonyl (C=O) groups is 1. The summed E-state index contributed by atoms with van der Waals surface area (Å²) in [5, 5.41) is 4.36. The van der Waals surface area contributed by atoms with E-state index >= 15 is 0 Å². The third-order valence-electron chi connectivity index (χ3n) is 5.89. The number of alkyl halides is 3. The van der Waals surface area contributed by atoms with Gasteiger partial charge in [0.1, 0.15) is 0 Å².